The Morgan fingerprint density at radius 1 is 0.564 bits per heavy atom. The molecule has 12 atom stereocenters. The van der Waals surface area contributed by atoms with Gasteiger partial charge in [-0.05, 0) is 50.0 Å². The third kappa shape index (κ3) is 2.22. The van der Waals surface area contributed by atoms with Crippen LogP contribution in [-0.4, -0.2) is 35.6 Å². The summed E-state index contributed by atoms with van der Waals surface area (Å²) in [5, 5.41) is 0. The van der Waals surface area contributed by atoms with E-state index in [1.165, 1.54) is 0 Å². The van der Waals surface area contributed by atoms with Gasteiger partial charge in [-0.3, -0.25) is 0 Å². The second-order valence-corrected chi connectivity index (χ2v) is 13.3. The standard InChI is InChI=1S/C32H26O7/c1-3-31(19-7-15-11-25(19)35-15,27(29-21(1)37-29)17-5-13-9-23(17)33-13)39-32(20-8-16-12-26(20)36-16)4-2-22-30(38-22)28(32)18-6-14-10-24(18)34-14/h5-12,17-22,27-30H,1-4H2. The van der Waals surface area contributed by atoms with E-state index < -0.39 is 11.2 Å². The summed E-state index contributed by atoms with van der Waals surface area (Å²) in [4.78, 5) is 0. The average Bonchev–Trinajstić information content (AvgIpc) is 3.41. The lowest BCUT2D eigenvalue weighted by Gasteiger charge is -2.57. The zero-order valence-corrected chi connectivity index (χ0v) is 21.1. The van der Waals surface area contributed by atoms with E-state index in [2.05, 4.69) is 48.6 Å². The Labute approximate surface area is 224 Å². The van der Waals surface area contributed by atoms with Crippen LogP contribution in [0.1, 0.15) is 25.7 Å². The molecular weight excluding hydrogens is 496 g/mol. The predicted octanol–water partition coefficient (Wildman–Crippen LogP) is 4.55. The van der Waals surface area contributed by atoms with Crippen molar-refractivity contribution in [1.29, 1.82) is 0 Å². The van der Waals surface area contributed by atoms with Crippen LogP contribution in [-0.2, 0) is 33.2 Å². The zero-order chi connectivity index (χ0) is 24.8. The quantitative estimate of drug-likeness (QED) is 0.474. The maximum atomic E-state index is 8.13. The van der Waals surface area contributed by atoms with E-state index in [0.29, 0.717) is 12.2 Å². The van der Waals surface area contributed by atoms with Gasteiger partial charge in [0.2, 0.25) is 0 Å². The minimum atomic E-state index is -0.513. The summed E-state index contributed by atoms with van der Waals surface area (Å²) in [6.07, 6.45) is 22.7. The van der Waals surface area contributed by atoms with Crippen LogP contribution in [0.5, 0.6) is 0 Å². The van der Waals surface area contributed by atoms with Gasteiger partial charge in [-0.15, -0.1) is 0 Å². The molecule has 2 saturated heterocycles. The number of fused-ring (bicyclic) bond motifs is 6. The van der Waals surface area contributed by atoms with Crippen LogP contribution in [0.4, 0.5) is 0 Å². The molecule has 196 valence electrons. The van der Waals surface area contributed by atoms with Crippen molar-refractivity contribution in [2.45, 2.75) is 61.3 Å². The van der Waals surface area contributed by atoms with E-state index in [0.717, 1.165) is 71.8 Å². The molecule has 8 bridgehead atoms. The van der Waals surface area contributed by atoms with Gasteiger partial charge in [0.1, 0.15) is 46.1 Å². The lowest BCUT2D eigenvalue weighted by atomic mass is 9.60. The second kappa shape index (κ2) is 6.02. The molecule has 7 heteroatoms. The second-order valence-electron chi connectivity index (χ2n) is 13.3. The first-order valence-corrected chi connectivity index (χ1v) is 14.6. The van der Waals surface area contributed by atoms with Crippen molar-refractivity contribution >= 4 is 0 Å². The summed E-state index contributed by atoms with van der Waals surface area (Å²) in [6, 6.07) is 0. The van der Waals surface area contributed by atoms with Crippen molar-refractivity contribution in [3.05, 3.63) is 94.7 Å². The normalized spacial score (nSPS) is 53.8. The minimum absolute atomic E-state index is 0.0554. The molecule has 16 aliphatic rings. The molecule has 2 saturated carbocycles. The summed E-state index contributed by atoms with van der Waals surface area (Å²) in [5.41, 5.74) is -1.03. The Balaban J connectivity index is 1.06. The number of allylic oxidation sites excluding steroid dienone is 6. The lowest BCUT2D eigenvalue weighted by molar-refractivity contribution is -0.254. The summed E-state index contributed by atoms with van der Waals surface area (Å²) in [5.74, 6) is 8.79. The Bertz CT molecular complexity index is 1470. The van der Waals surface area contributed by atoms with E-state index in [4.69, 9.17) is 33.2 Å². The lowest BCUT2D eigenvalue weighted by Crippen LogP contribution is -2.64. The number of ether oxygens (including phenoxy) is 7. The van der Waals surface area contributed by atoms with Gasteiger partial charge < -0.3 is 33.2 Å². The average molecular weight is 523 g/mol. The smallest absolute Gasteiger partial charge is 0.127 e. The fourth-order valence-electron chi connectivity index (χ4n) is 9.90. The van der Waals surface area contributed by atoms with Crippen molar-refractivity contribution in [2.24, 2.45) is 35.5 Å². The van der Waals surface area contributed by atoms with Gasteiger partial charge in [0.25, 0.3) is 0 Å². The van der Waals surface area contributed by atoms with E-state index in [1.54, 1.807) is 0 Å². The molecule has 0 spiro atoms. The van der Waals surface area contributed by atoms with Crippen molar-refractivity contribution in [1.82, 2.24) is 0 Å². The maximum Gasteiger partial charge on any atom is 0.127 e. The molecule has 0 aromatic carbocycles. The summed E-state index contributed by atoms with van der Waals surface area (Å²) < 4.78 is 45.2. The van der Waals surface area contributed by atoms with Gasteiger partial charge >= 0.3 is 0 Å². The molecular formula is C32H26O7. The molecule has 6 aliphatic carbocycles. The highest BCUT2D eigenvalue weighted by Crippen LogP contribution is 2.67. The zero-order valence-electron chi connectivity index (χ0n) is 21.1. The molecule has 10 heterocycles. The first kappa shape index (κ1) is 20.0. The van der Waals surface area contributed by atoms with E-state index in [1.807, 2.05) is 0 Å². The Kier molecular flexibility index (Phi) is 3.08. The predicted molar refractivity (Wildman–Crippen MR) is 132 cm³/mol. The van der Waals surface area contributed by atoms with Crippen LogP contribution in [0.2, 0.25) is 0 Å². The molecule has 0 N–H and O–H groups in total. The SMILES string of the molecule is C1=C2C=C(O2)C1C1C2OC2CCC1(OC1(C2C=C3C=C2O3)CCC2OC2C1C1C=C2C=C1O2)C1C=C2C=C1O2. The Hall–Kier alpha value is -3.00. The van der Waals surface area contributed by atoms with Gasteiger partial charge in [0.05, 0.1) is 47.5 Å². The first-order chi connectivity index (χ1) is 19.1. The fraction of sp³-hybridized carbons (Fsp3) is 0.500. The van der Waals surface area contributed by atoms with E-state index >= 15 is 0 Å². The van der Waals surface area contributed by atoms with Crippen LogP contribution in [0, 0.1) is 35.5 Å². The number of epoxide rings is 2. The third-order valence-corrected chi connectivity index (χ3v) is 11.6. The first-order valence-electron chi connectivity index (χ1n) is 14.6. The summed E-state index contributed by atoms with van der Waals surface area (Å²) in [6.45, 7) is 0. The fourth-order valence-corrected chi connectivity index (χ4v) is 9.90. The van der Waals surface area contributed by atoms with E-state index in [9.17, 15) is 0 Å². The van der Waals surface area contributed by atoms with Crippen LogP contribution in [0.15, 0.2) is 94.7 Å². The summed E-state index contributed by atoms with van der Waals surface area (Å²) in [7, 11) is 0. The molecule has 0 aromatic heterocycles. The van der Waals surface area contributed by atoms with Crippen molar-refractivity contribution in [3.8, 4) is 0 Å². The highest BCUT2D eigenvalue weighted by Gasteiger charge is 2.73. The Morgan fingerprint density at radius 3 is 1.33 bits per heavy atom. The molecule has 0 aromatic rings. The topological polar surface area (TPSA) is 71.2 Å². The van der Waals surface area contributed by atoms with Gasteiger partial charge in [-0.25, -0.2) is 0 Å². The van der Waals surface area contributed by atoms with Crippen molar-refractivity contribution in [2.75, 3.05) is 0 Å². The van der Waals surface area contributed by atoms with Crippen LogP contribution in [0.3, 0.4) is 0 Å². The molecule has 4 fully saturated rings. The monoisotopic (exact) mass is 522 g/mol. The number of hydrogen-bond acceptors (Lipinski definition) is 7. The molecule has 0 radical (unpaired) electrons. The molecule has 39 heavy (non-hydrogen) atoms. The molecule has 16 rings (SSSR count). The third-order valence-electron chi connectivity index (χ3n) is 11.6. The highest BCUT2D eigenvalue weighted by atomic mass is 16.6. The molecule has 10 aliphatic heterocycles. The Morgan fingerprint density at radius 2 is 0.974 bits per heavy atom. The molecule has 0 amide bonds. The van der Waals surface area contributed by atoms with Crippen molar-refractivity contribution in [3.63, 3.8) is 0 Å². The van der Waals surface area contributed by atoms with E-state index in [-0.39, 0.29) is 47.7 Å². The largest absolute Gasteiger partial charge is 0.461 e. The molecule has 7 nitrogen and oxygen atoms in total. The van der Waals surface area contributed by atoms with Crippen LogP contribution in [0.25, 0.3) is 0 Å². The maximum absolute atomic E-state index is 8.13. The van der Waals surface area contributed by atoms with Crippen molar-refractivity contribution < 1.29 is 33.2 Å². The van der Waals surface area contributed by atoms with Gasteiger partial charge in [0.15, 0.2) is 0 Å². The molecule has 12 unspecified atom stereocenters. The number of hydrogen-bond donors (Lipinski definition) is 0. The van der Waals surface area contributed by atoms with Crippen LogP contribution >= 0.6 is 0 Å². The van der Waals surface area contributed by atoms with Crippen LogP contribution < -0.4 is 0 Å². The minimum Gasteiger partial charge on any atom is -0.461 e. The van der Waals surface area contributed by atoms with Gasteiger partial charge in [0, 0.05) is 48.0 Å². The van der Waals surface area contributed by atoms with Gasteiger partial charge in [-0.2, -0.15) is 0 Å². The van der Waals surface area contributed by atoms with Gasteiger partial charge in [-0.1, -0.05) is 0 Å². The number of rotatable bonds is 6. The summed E-state index contributed by atoms with van der Waals surface area (Å²) >= 11 is 0. The highest BCUT2D eigenvalue weighted by molar-refractivity contribution is 5.48.